The monoisotopic (exact) mass is 398 g/mol. The van der Waals surface area contributed by atoms with Crippen molar-refractivity contribution in [1.82, 2.24) is 10.6 Å². The summed E-state index contributed by atoms with van der Waals surface area (Å²) in [6, 6.07) is 13.2. The molecule has 0 bridgehead atoms. The Labute approximate surface area is 169 Å². The van der Waals surface area contributed by atoms with Crippen molar-refractivity contribution < 1.29 is 23.9 Å². The number of nitrogens with one attached hydrogen (secondary N) is 2. The van der Waals surface area contributed by atoms with Gasteiger partial charge in [0.25, 0.3) is 5.91 Å². The summed E-state index contributed by atoms with van der Waals surface area (Å²) in [4.78, 5) is 36.6. The number of epoxide rings is 1. The van der Waals surface area contributed by atoms with Gasteiger partial charge in [-0.05, 0) is 29.7 Å². The van der Waals surface area contributed by atoms with E-state index in [0.717, 1.165) is 22.8 Å². The lowest BCUT2D eigenvalue weighted by Crippen LogP contribution is -2.48. The normalized spacial score (nSPS) is 18.7. The summed E-state index contributed by atoms with van der Waals surface area (Å²) in [6.45, 7) is 4.21. The van der Waals surface area contributed by atoms with Gasteiger partial charge in [0, 0.05) is 6.54 Å². The van der Waals surface area contributed by atoms with Gasteiger partial charge in [-0.3, -0.25) is 9.59 Å². The third-order valence-corrected chi connectivity index (χ3v) is 4.81. The Hall–Kier alpha value is -2.93. The van der Waals surface area contributed by atoms with Crippen LogP contribution in [0.2, 0.25) is 0 Å². The van der Waals surface area contributed by atoms with Gasteiger partial charge >= 0.3 is 5.97 Å². The second kappa shape index (κ2) is 9.52. The van der Waals surface area contributed by atoms with Crippen molar-refractivity contribution in [2.24, 2.45) is 0 Å². The largest absolute Gasteiger partial charge is 0.464 e. The van der Waals surface area contributed by atoms with Gasteiger partial charge in [0.2, 0.25) is 5.91 Å². The number of rotatable bonds is 9. The van der Waals surface area contributed by atoms with Crippen molar-refractivity contribution in [3.05, 3.63) is 48.0 Å². The van der Waals surface area contributed by atoms with Crippen LogP contribution in [0, 0.1) is 0 Å². The highest BCUT2D eigenvalue weighted by Gasteiger charge is 2.52. The minimum Gasteiger partial charge on any atom is -0.464 e. The summed E-state index contributed by atoms with van der Waals surface area (Å²) in [6.07, 6.45) is -0.557. The standard InChI is InChI=1S/C22H26N2O5/c1-3-8-17(24-21(26)18-19(29-18)22(27)28-4-2)20(25)23-13-15-11-7-10-14-9-5-6-12-16(14)15/h5-7,9-12,17-19H,3-4,8,13H2,1-2H3,(H,23,25)(H,24,26)/t17-,18-,19-/m0/s1. The lowest BCUT2D eigenvalue weighted by Gasteiger charge is -2.18. The molecule has 0 unspecified atom stereocenters. The Morgan fingerprint density at radius 2 is 1.83 bits per heavy atom. The van der Waals surface area contributed by atoms with E-state index in [1.807, 2.05) is 49.4 Å². The van der Waals surface area contributed by atoms with Crippen molar-refractivity contribution in [3.63, 3.8) is 0 Å². The van der Waals surface area contributed by atoms with Crippen LogP contribution < -0.4 is 10.6 Å². The van der Waals surface area contributed by atoms with Crippen molar-refractivity contribution in [2.45, 2.75) is 51.5 Å². The summed E-state index contributed by atoms with van der Waals surface area (Å²) < 4.78 is 9.96. The average molecular weight is 398 g/mol. The summed E-state index contributed by atoms with van der Waals surface area (Å²) in [5.74, 6) is -1.29. The van der Waals surface area contributed by atoms with E-state index in [4.69, 9.17) is 9.47 Å². The van der Waals surface area contributed by atoms with Crippen LogP contribution in [0.1, 0.15) is 32.3 Å². The van der Waals surface area contributed by atoms with Crippen molar-refractivity contribution in [1.29, 1.82) is 0 Å². The highest BCUT2D eigenvalue weighted by Crippen LogP contribution is 2.24. The van der Waals surface area contributed by atoms with E-state index in [2.05, 4.69) is 10.6 Å². The van der Waals surface area contributed by atoms with Gasteiger partial charge in [-0.1, -0.05) is 55.8 Å². The number of esters is 1. The minimum atomic E-state index is -0.890. The maximum Gasteiger partial charge on any atom is 0.338 e. The third kappa shape index (κ3) is 5.12. The molecule has 1 heterocycles. The molecule has 2 aromatic rings. The topological polar surface area (TPSA) is 97.0 Å². The molecule has 2 aromatic carbocycles. The van der Waals surface area contributed by atoms with Crippen molar-refractivity contribution in [2.75, 3.05) is 6.61 Å². The highest BCUT2D eigenvalue weighted by molar-refractivity contribution is 5.95. The molecule has 1 saturated heterocycles. The van der Waals surface area contributed by atoms with E-state index in [1.165, 1.54) is 0 Å². The van der Waals surface area contributed by atoms with Gasteiger partial charge in [-0.2, -0.15) is 0 Å². The van der Waals surface area contributed by atoms with E-state index in [9.17, 15) is 14.4 Å². The van der Waals surface area contributed by atoms with Crippen LogP contribution in [0.5, 0.6) is 0 Å². The molecule has 2 N–H and O–H groups in total. The van der Waals surface area contributed by atoms with Crippen LogP contribution >= 0.6 is 0 Å². The molecule has 2 amide bonds. The molecule has 1 fully saturated rings. The molecule has 7 heteroatoms. The first-order chi connectivity index (χ1) is 14.0. The molecule has 1 aliphatic rings. The van der Waals surface area contributed by atoms with Gasteiger partial charge < -0.3 is 20.1 Å². The molecule has 0 spiro atoms. The average Bonchev–Trinajstić information content (AvgIpc) is 3.53. The predicted octanol–water partition coefficient (Wildman–Crippen LogP) is 2.07. The number of carbonyl (C=O) groups is 3. The van der Waals surface area contributed by atoms with Crippen LogP contribution in [-0.2, 0) is 30.4 Å². The Bertz CT molecular complexity index is 892. The maximum absolute atomic E-state index is 12.7. The van der Waals surface area contributed by atoms with Crippen LogP contribution in [0.25, 0.3) is 10.8 Å². The zero-order chi connectivity index (χ0) is 20.8. The van der Waals surface area contributed by atoms with E-state index in [0.29, 0.717) is 13.0 Å². The van der Waals surface area contributed by atoms with E-state index in [-0.39, 0.29) is 12.5 Å². The minimum absolute atomic E-state index is 0.224. The number of ether oxygens (including phenoxy) is 2. The molecule has 154 valence electrons. The fraction of sp³-hybridized carbons (Fsp3) is 0.409. The molecule has 3 rings (SSSR count). The van der Waals surface area contributed by atoms with Crippen LogP contribution in [0.4, 0.5) is 0 Å². The predicted molar refractivity (Wildman–Crippen MR) is 108 cm³/mol. The number of fused-ring (bicyclic) bond motifs is 1. The maximum atomic E-state index is 12.7. The lowest BCUT2D eigenvalue weighted by molar-refractivity contribution is -0.144. The molecule has 3 atom stereocenters. The Morgan fingerprint density at radius 1 is 1.07 bits per heavy atom. The lowest BCUT2D eigenvalue weighted by atomic mass is 10.0. The number of benzene rings is 2. The molecule has 29 heavy (non-hydrogen) atoms. The molecular formula is C22H26N2O5. The van der Waals surface area contributed by atoms with E-state index in [1.54, 1.807) is 6.92 Å². The molecule has 1 aliphatic heterocycles. The Kier molecular flexibility index (Phi) is 6.82. The van der Waals surface area contributed by atoms with Gasteiger partial charge in [-0.25, -0.2) is 4.79 Å². The van der Waals surface area contributed by atoms with Gasteiger partial charge in [0.05, 0.1) is 6.61 Å². The van der Waals surface area contributed by atoms with Gasteiger partial charge in [0.1, 0.15) is 6.04 Å². The quantitative estimate of drug-likeness (QED) is 0.498. The summed E-state index contributed by atoms with van der Waals surface area (Å²) in [5, 5.41) is 7.79. The Balaban J connectivity index is 1.58. The fourth-order valence-electron chi connectivity index (χ4n) is 3.28. The highest BCUT2D eigenvalue weighted by atomic mass is 16.6. The number of hydrogen-bond donors (Lipinski definition) is 2. The second-order valence-corrected chi connectivity index (χ2v) is 6.94. The van der Waals surface area contributed by atoms with Crippen molar-refractivity contribution >= 4 is 28.6 Å². The number of amides is 2. The first kappa shape index (κ1) is 20.8. The molecule has 7 nitrogen and oxygen atoms in total. The summed E-state index contributed by atoms with van der Waals surface area (Å²) >= 11 is 0. The SMILES string of the molecule is CCC[C@H](NC(=O)[C@H]1O[C@@H]1C(=O)OCC)C(=O)NCc1cccc2ccccc12. The van der Waals surface area contributed by atoms with E-state index >= 15 is 0 Å². The van der Waals surface area contributed by atoms with E-state index < -0.39 is 30.1 Å². The molecular weight excluding hydrogens is 372 g/mol. The molecule has 0 aromatic heterocycles. The van der Waals surface area contributed by atoms with Crippen LogP contribution in [-0.4, -0.2) is 42.6 Å². The second-order valence-electron chi connectivity index (χ2n) is 6.94. The van der Waals surface area contributed by atoms with Crippen LogP contribution in [0.15, 0.2) is 42.5 Å². The summed E-state index contributed by atoms with van der Waals surface area (Å²) in [7, 11) is 0. The smallest absolute Gasteiger partial charge is 0.338 e. The Morgan fingerprint density at radius 3 is 2.59 bits per heavy atom. The van der Waals surface area contributed by atoms with Crippen LogP contribution in [0.3, 0.4) is 0 Å². The zero-order valence-corrected chi connectivity index (χ0v) is 16.6. The molecule has 0 radical (unpaired) electrons. The molecule has 0 aliphatic carbocycles. The van der Waals surface area contributed by atoms with Gasteiger partial charge in [-0.15, -0.1) is 0 Å². The number of hydrogen-bond acceptors (Lipinski definition) is 5. The number of carbonyl (C=O) groups excluding carboxylic acids is 3. The third-order valence-electron chi connectivity index (χ3n) is 4.81. The first-order valence-electron chi connectivity index (χ1n) is 9.92. The zero-order valence-electron chi connectivity index (χ0n) is 16.6. The molecule has 0 saturated carbocycles. The van der Waals surface area contributed by atoms with Gasteiger partial charge in [0.15, 0.2) is 12.2 Å². The summed E-state index contributed by atoms with van der Waals surface area (Å²) in [5.41, 5.74) is 1.01. The fourth-order valence-corrected chi connectivity index (χ4v) is 3.28. The van der Waals surface area contributed by atoms with Crippen molar-refractivity contribution in [3.8, 4) is 0 Å². The first-order valence-corrected chi connectivity index (χ1v) is 9.92.